The fourth-order valence-corrected chi connectivity index (χ4v) is 3.73. The summed E-state index contributed by atoms with van der Waals surface area (Å²) in [6.07, 6.45) is 1.32. The molecule has 180 valence electrons. The average Bonchev–Trinajstić information content (AvgIpc) is 3.58. The number of imidazole rings is 1. The molecule has 0 saturated carbocycles. The molecule has 12 nitrogen and oxygen atoms in total. The Morgan fingerprint density at radius 1 is 1.17 bits per heavy atom. The molecule has 0 aliphatic rings. The predicted octanol–water partition coefficient (Wildman–Crippen LogP) is 3.43. The van der Waals surface area contributed by atoms with Gasteiger partial charge in [-0.15, -0.1) is 0 Å². The van der Waals surface area contributed by atoms with Gasteiger partial charge in [0.25, 0.3) is 5.91 Å². The smallest absolute Gasteiger partial charge is 0.337 e. The summed E-state index contributed by atoms with van der Waals surface area (Å²) >= 11 is 5.92. The van der Waals surface area contributed by atoms with E-state index in [9.17, 15) is 14.7 Å². The Labute approximate surface area is 206 Å². The number of halogens is 1. The summed E-state index contributed by atoms with van der Waals surface area (Å²) in [6.45, 7) is -0.133. The molecule has 1 amide bonds. The Kier molecular flexibility index (Phi) is 5.92. The minimum Gasteiger partial charge on any atom is -0.478 e. The number of carbonyl (C=O) groups excluding carboxylic acids is 1. The van der Waals surface area contributed by atoms with Gasteiger partial charge in [-0.1, -0.05) is 23.7 Å². The quantitative estimate of drug-likeness (QED) is 0.221. The molecule has 3 aromatic heterocycles. The molecule has 13 heteroatoms. The molecule has 0 fully saturated rings. The van der Waals surface area contributed by atoms with Gasteiger partial charge >= 0.3 is 5.97 Å². The second-order valence-electron chi connectivity index (χ2n) is 7.50. The first-order valence-corrected chi connectivity index (χ1v) is 10.8. The third-order valence-corrected chi connectivity index (χ3v) is 5.50. The number of hydrogen-bond acceptors (Lipinski definition) is 9. The number of amides is 1. The van der Waals surface area contributed by atoms with E-state index in [4.69, 9.17) is 21.8 Å². The van der Waals surface area contributed by atoms with Crippen molar-refractivity contribution in [2.45, 2.75) is 6.54 Å². The number of furan rings is 1. The number of anilines is 1. The van der Waals surface area contributed by atoms with Crippen LogP contribution in [-0.2, 0) is 11.3 Å². The number of nitrogens with zero attached hydrogens (tertiary/aromatic N) is 5. The van der Waals surface area contributed by atoms with Crippen LogP contribution in [0.3, 0.4) is 0 Å². The van der Waals surface area contributed by atoms with Crippen molar-refractivity contribution in [3.05, 3.63) is 70.9 Å². The van der Waals surface area contributed by atoms with Gasteiger partial charge in [-0.2, -0.15) is 5.10 Å². The number of hydrazone groups is 1. The van der Waals surface area contributed by atoms with Gasteiger partial charge in [-0.3, -0.25) is 4.79 Å². The van der Waals surface area contributed by atoms with Gasteiger partial charge in [0.1, 0.15) is 18.1 Å². The number of hydrogen-bond donors (Lipinski definition) is 3. The zero-order valence-electron chi connectivity index (χ0n) is 18.3. The van der Waals surface area contributed by atoms with E-state index in [-0.39, 0.29) is 28.6 Å². The first kappa shape index (κ1) is 22.8. The van der Waals surface area contributed by atoms with E-state index in [2.05, 4.69) is 30.5 Å². The third-order valence-electron chi connectivity index (χ3n) is 5.17. The highest BCUT2D eigenvalue weighted by Gasteiger charge is 2.20. The molecule has 36 heavy (non-hydrogen) atoms. The van der Waals surface area contributed by atoms with Crippen molar-refractivity contribution in [2.24, 2.45) is 5.10 Å². The Morgan fingerprint density at radius 3 is 2.78 bits per heavy atom. The highest BCUT2D eigenvalue weighted by molar-refractivity contribution is 6.33. The second-order valence-corrected chi connectivity index (χ2v) is 7.91. The van der Waals surface area contributed by atoms with Crippen molar-refractivity contribution < 1.29 is 23.7 Å². The minimum atomic E-state index is -1.14. The van der Waals surface area contributed by atoms with E-state index in [1.165, 1.54) is 18.3 Å². The van der Waals surface area contributed by atoms with E-state index in [1.807, 2.05) is 18.2 Å². The van der Waals surface area contributed by atoms with E-state index in [1.54, 1.807) is 28.8 Å². The summed E-state index contributed by atoms with van der Waals surface area (Å²) in [5, 5.41) is 20.7. The van der Waals surface area contributed by atoms with Gasteiger partial charge in [0.2, 0.25) is 0 Å². The summed E-state index contributed by atoms with van der Waals surface area (Å²) in [5.74, 6) is -0.457. The zero-order valence-corrected chi connectivity index (χ0v) is 19.0. The van der Waals surface area contributed by atoms with Gasteiger partial charge in [0.15, 0.2) is 17.3 Å². The molecule has 4 N–H and O–H groups in total. The van der Waals surface area contributed by atoms with Crippen LogP contribution >= 0.6 is 11.6 Å². The normalized spacial score (nSPS) is 11.4. The summed E-state index contributed by atoms with van der Waals surface area (Å²) in [7, 11) is 0. The number of para-hydroxylation sites is 2. The van der Waals surface area contributed by atoms with Crippen molar-refractivity contribution in [3.63, 3.8) is 0 Å². The molecule has 5 rings (SSSR count). The Hall–Kier alpha value is -4.97. The van der Waals surface area contributed by atoms with E-state index < -0.39 is 11.9 Å². The van der Waals surface area contributed by atoms with Crippen LogP contribution in [0.2, 0.25) is 5.02 Å². The van der Waals surface area contributed by atoms with Crippen molar-refractivity contribution in [3.8, 4) is 22.8 Å². The van der Waals surface area contributed by atoms with E-state index in [0.717, 1.165) is 0 Å². The number of benzene rings is 2. The standard InChI is InChI=1S/C23H16ClN7O5/c24-15-7-5-12(9-14(15)23(33)34)18-8-6-13(35-18)10-26-28-19(32)11-31-17-4-2-1-3-16(17)27-22(31)20-21(25)30-36-29-20/h1-10H,11H2,(H2,25,30)(H,28,32)(H,33,34)/b26-10-. The summed E-state index contributed by atoms with van der Waals surface area (Å²) in [5.41, 5.74) is 10.3. The van der Waals surface area contributed by atoms with Gasteiger partial charge < -0.3 is 19.8 Å². The average molecular weight is 506 g/mol. The lowest BCUT2D eigenvalue weighted by atomic mass is 10.1. The third kappa shape index (κ3) is 4.40. The predicted molar refractivity (Wildman–Crippen MR) is 129 cm³/mol. The maximum absolute atomic E-state index is 12.6. The maximum atomic E-state index is 12.6. The van der Waals surface area contributed by atoms with Crippen LogP contribution in [-0.4, -0.2) is 43.1 Å². The molecule has 0 aliphatic heterocycles. The van der Waals surface area contributed by atoms with Crippen molar-refractivity contribution in [1.82, 2.24) is 25.3 Å². The van der Waals surface area contributed by atoms with E-state index in [0.29, 0.717) is 33.9 Å². The zero-order chi connectivity index (χ0) is 25.2. The number of carboxylic acid groups (broad SMARTS) is 1. The fraction of sp³-hybridized carbons (Fsp3) is 0.0435. The van der Waals surface area contributed by atoms with Crippen LogP contribution in [0.1, 0.15) is 16.1 Å². The lowest BCUT2D eigenvalue weighted by Crippen LogP contribution is -2.23. The number of carbonyl (C=O) groups is 2. The molecule has 5 aromatic rings. The molecule has 3 heterocycles. The largest absolute Gasteiger partial charge is 0.478 e. The molecular formula is C23H16ClN7O5. The van der Waals surface area contributed by atoms with Gasteiger partial charge in [-0.25, -0.2) is 19.8 Å². The molecule has 0 aliphatic carbocycles. The maximum Gasteiger partial charge on any atom is 0.337 e. The molecular weight excluding hydrogens is 490 g/mol. The summed E-state index contributed by atoms with van der Waals surface area (Å²) < 4.78 is 12.0. The van der Waals surface area contributed by atoms with Crippen LogP contribution in [0.25, 0.3) is 33.9 Å². The lowest BCUT2D eigenvalue weighted by molar-refractivity contribution is -0.121. The molecule has 0 saturated heterocycles. The molecule has 0 unspecified atom stereocenters. The number of nitrogens with one attached hydrogen (secondary N) is 1. The number of aromatic nitrogens is 4. The molecule has 0 spiro atoms. The Balaban J connectivity index is 1.31. The van der Waals surface area contributed by atoms with Crippen molar-refractivity contribution in [2.75, 3.05) is 5.73 Å². The number of rotatable bonds is 7. The molecule has 0 radical (unpaired) electrons. The number of aromatic carboxylic acids is 1. The highest BCUT2D eigenvalue weighted by Crippen LogP contribution is 2.27. The second kappa shape index (κ2) is 9.35. The first-order valence-electron chi connectivity index (χ1n) is 10.4. The molecule has 0 atom stereocenters. The SMILES string of the molecule is Nc1nonc1-c1nc2ccccc2n1CC(=O)N/N=C\c1ccc(-c2ccc(Cl)c(C(=O)O)c2)o1. The van der Waals surface area contributed by atoms with Gasteiger partial charge in [0.05, 0.1) is 27.8 Å². The first-order chi connectivity index (χ1) is 17.4. The lowest BCUT2D eigenvalue weighted by Gasteiger charge is -2.06. The number of carboxylic acids is 1. The Bertz CT molecular complexity index is 1630. The van der Waals surface area contributed by atoms with Gasteiger partial charge in [0, 0.05) is 5.56 Å². The number of fused-ring (bicyclic) bond motifs is 1. The minimum absolute atomic E-state index is 0.0393. The fourth-order valence-electron chi connectivity index (χ4n) is 3.53. The summed E-state index contributed by atoms with van der Waals surface area (Å²) in [6, 6.07) is 15.1. The monoisotopic (exact) mass is 505 g/mol. The number of nitrogen functional groups attached to an aromatic ring is 1. The van der Waals surface area contributed by atoms with E-state index >= 15 is 0 Å². The van der Waals surface area contributed by atoms with Crippen LogP contribution in [0.5, 0.6) is 0 Å². The highest BCUT2D eigenvalue weighted by atomic mass is 35.5. The topological polar surface area (TPSA) is 175 Å². The van der Waals surface area contributed by atoms with Crippen LogP contribution < -0.4 is 11.2 Å². The van der Waals surface area contributed by atoms with Crippen LogP contribution in [0.15, 0.2) is 68.7 Å². The molecule has 0 bridgehead atoms. The molecule has 2 aromatic carbocycles. The van der Waals surface area contributed by atoms with Crippen LogP contribution in [0, 0.1) is 0 Å². The van der Waals surface area contributed by atoms with Crippen LogP contribution in [0.4, 0.5) is 5.82 Å². The van der Waals surface area contributed by atoms with Gasteiger partial charge in [-0.05, 0) is 52.8 Å². The number of nitrogens with two attached hydrogens (primary N) is 1. The van der Waals surface area contributed by atoms with Crippen molar-refractivity contribution in [1.29, 1.82) is 0 Å². The summed E-state index contributed by atoms with van der Waals surface area (Å²) in [4.78, 5) is 28.4. The Morgan fingerprint density at radius 2 is 2.00 bits per heavy atom. The van der Waals surface area contributed by atoms with Crippen molar-refractivity contribution >= 4 is 46.5 Å².